The summed E-state index contributed by atoms with van der Waals surface area (Å²) in [6.45, 7) is 4.00. The molecule has 0 aliphatic rings. The molecular formula is C50H88NO9P. The number of rotatable bonds is 42. The van der Waals surface area contributed by atoms with Crippen LogP contribution in [0.15, 0.2) is 72.9 Å². The molecule has 352 valence electrons. The minimum atomic E-state index is -4.66. The van der Waals surface area contributed by atoms with Crippen LogP contribution in [0.5, 0.6) is 0 Å². The van der Waals surface area contributed by atoms with Crippen molar-refractivity contribution < 1.29 is 47.2 Å². The Hall–Kier alpha value is -2.59. The van der Waals surface area contributed by atoms with E-state index in [0.29, 0.717) is 43.1 Å². The van der Waals surface area contributed by atoms with E-state index in [9.17, 15) is 24.2 Å². The first-order valence-electron chi connectivity index (χ1n) is 23.8. The van der Waals surface area contributed by atoms with Crippen molar-refractivity contribution in [3.8, 4) is 0 Å². The van der Waals surface area contributed by atoms with Gasteiger partial charge in [-0.2, -0.15) is 0 Å². The second kappa shape index (κ2) is 41.4. The number of ether oxygens (including phenoxy) is 2. The molecule has 10 nitrogen and oxygen atoms in total. The molecule has 0 radical (unpaired) electrons. The number of allylic oxidation sites excluding steroid dienone is 10. The molecule has 0 spiro atoms. The van der Waals surface area contributed by atoms with Gasteiger partial charge in [0.25, 0.3) is 7.82 Å². The fourth-order valence-electron chi connectivity index (χ4n) is 5.99. The molecule has 0 fully saturated rings. The molecule has 0 saturated carbocycles. The standard InChI is InChI=1S/C50H88NO9P/c1-6-8-10-12-14-15-16-17-18-19-20-21-22-23-24-25-29-33-37-41-49(53)57-45-48(46-59-61(55,56)58-44-43-51(3,4)5)60-50(54)42-38-34-30-26-28-32-36-40-47(52)39-35-31-27-13-11-9-7-2/h14-15,17-18,26-27,30-32,35-36,39,47-48,52H,6-13,16,19-25,28-29,33-34,37-38,40-46H2,1-5H3/b15-14-,18-17-,30-26+,31-27-,36-32-,39-35-/t47-,48+/m0/s1. The number of carbonyl (C=O) groups excluding carboxylic acids is 2. The normalized spacial score (nSPS) is 14.7. The van der Waals surface area contributed by atoms with Gasteiger partial charge in [0.05, 0.1) is 33.9 Å². The van der Waals surface area contributed by atoms with Crippen molar-refractivity contribution in [3.05, 3.63) is 72.9 Å². The first-order valence-corrected chi connectivity index (χ1v) is 25.2. The number of nitrogens with zero attached hydrogens (tertiary/aromatic N) is 1. The largest absolute Gasteiger partial charge is 0.756 e. The zero-order valence-corrected chi connectivity index (χ0v) is 40.1. The van der Waals surface area contributed by atoms with Gasteiger partial charge in [0.1, 0.15) is 19.8 Å². The number of unbranched alkanes of at least 4 members (excludes halogenated alkanes) is 16. The second-order valence-electron chi connectivity index (χ2n) is 17.0. The highest BCUT2D eigenvalue weighted by atomic mass is 31.2. The predicted molar refractivity (Wildman–Crippen MR) is 251 cm³/mol. The van der Waals surface area contributed by atoms with Gasteiger partial charge in [-0.3, -0.25) is 14.2 Å². The lowest BCUT2D eigenvalue weighted by molar-refractivity contribution is -0.870. The summed E-state index contributed by atoms with van der Waals surface area (Å²) in [7, 11) is 1.08. The first-order chi connectivity index (χ1) is 29.4. The van der Waals surface area contributed by atoms with Gasteiger partial charge in [0, 0.05) is 12.8 Å². The summed E-state index contributed by atoms with van der Waals surface area (Å²) in [5.74, 6) is -0.950. The van der Waals surface area contributed by atoms with Gasteiger partial charge in [0.15, 0.2) is 6.10 Å². The summed E-state index contributed by atoms with van der Waals surface area (Å²) in [5.41, 5.74) is 0. The quantitative estimate of drug-likeness (QED) is 0.0159. The van der Waals surface area contributed by atoms with Crippen LogP contribution in [-0.4, -0.2) is 81.2 Å². The van der Waals surface area contributed by atoms with Gasteiger partial charge in [0.2, 0.25) is 0 Å². The molecule has 11 heteroatoms. The van der Waals surface area contributed by atoms with Crippen molar-refractivity contribution in [2.75, 3.05) is 47.5 Å². The molecule has 0 aromatic rings. The van der Waals surface area contributed by atoms with Gasteiger partial charge < -0.3 is 33.0 Å². The Bertz CT molecular complexity index is 1280. The summed E-state index contributed by atoms with van der Waals surface area (Å²) >= 11 is 0. The van der Waals surface area contributed by atoms with Crippen molar-refractivity contribution >= 4 is 19.8 Å². The van der Waals surface area contributed by atoms with Crippen LogP contribution in [0.2, 0.25) is 0 Å². The van der Waals surface area contributed by atoms with E-state index >= 15 is 0 Å². The van der Waals surface area contributed by atoms with Gasteiger partial charge in [-0.1, -0.05) is 157 Å². The highest BCUT2D eigenvalue weighted by Crippen LogP contribution is 2.38. The Morgan fingerprint density at radius 1 is 0.607 bits per heavy atom. The molecule has 0 bridgehead atoms. The lowest BCUT2D eigenvalue weighted by atomic mass is 10.1. The molecule has 0 aromatic carbocycles. The smallest absolute Gasteiger partial charge is 0.306 e. The maximum absolute atomic E-state index is 12.7. The highest BCUT2D eigenvalue weighted by Gasteiger charge is 2.21. The maximum atomic E-state index is 12.7. The molecule has 61 heavy (non-hydrogen) atoms. The number of quaternary nitrogens is 1. The third kappa shape index (κ3) is 45.3. The van der Waals surface area contributed by atoms with Crippen LogP contribution in [0.1, 0.15) is 174 Å². The predicted octanol–water partition coefficient (Wildman–Crippen LogP) is 12.1. The van der Waals surface area contributed by atoms with E-state index in [4.69, 9.17) is 18.5 Å². The van der Waals surface area contributed by atoms with Crippen molar-refractivity contribution in [1.29, 1.82) is 0 Å². The van der Waals surface area contributed by atoms with E-state index in [1.807, 2.05) is 57.6 Å². The Morgan fingerprint density at radius 2 is 1.11 bits per heavy atom. The Balaban J connectivity index is 4.46. The number of phosphoric acid groups is 1. The van der Waals surface area contributed by atoms with Crippen molar-refractivity contribution in [3.63, 3.8) is 0 Å². The summed E-state index contributed by atoms with van der Waals surface area (Å²) in [6.07, 6.45) is 48.1. The fraction of sp³-hybridized carbons (Fsp3) is 0.720. The molecule has 0 aliphatic heterocycles. The van der Waals surface area contributed by atoms with E-state index in [0.717, 1.165) is 38.5 Å². The number of phosphoric ester groups is 1. The Kier molecular flexibility index (Phi) is 39.7. The molecule has 0 rings (SSSR count). The molecule has 1 N–H and O–H groups in total. The number of aliphatic hydroxyl groups excluding tert-OH is 1. The third-order valence-corrected chi connectivity index (χ3v) is 10.7. The molecule has 0 amide bonds. The molecule has 0 saturated heterocycles. The van der Waals surface area contributed by atoms with Gasteiger partial charge in [-0.05, 0) is 77.0 Å². The Morgan fingerprint density at radius 3 is 1.70 bits per heavy atom. The summed E-state index contributed by atoms with van der Waals surface area (Å²) < 4.78 is 33.8. The molecule has 1 unspecified atom stereocenters. The summed E-state index contributed by atoms with van der Waals surface area (Å²) in [5, 5.41) is 10.1. The minimum Gasteiger partial charge on any atom is -0.756 e. The van der Waals surface area contributed by atoms with Crippen molar-refractivity contribution in [1.82, 2.24) is 0 Å². The SMILES string of the molecule is CCCCC/C=C\C=C/[C@H](O)C/C=C\C/C=C/CCCC(=O)O[C@H](COC(=O)CCCCCCCCCCC/C=C\C/C=C\CCCCC)COP(=O)([O-])OCC[N+](C)(C)C. The van der Waals surface area contributed by atoms with Crippen LogP contribution in [0.25, 0.3) is 0 Å². The molecule has 3 atom stereocenters. The number of hydrogen-bond donors (Lipinski definition) is 1. The van der Waals surface area contributed by atoms with Crippen LogP contribution < -0.4 is 4.89 Å². The molecule has 0 aromatic heterocycles. The van der Waals surface area contributed by atoms with Gasteiger partial charge in [-0.15, -0.1) is 0 Å². The molecule has 0 aliphatic carbocycles. The summed E-state index contributed by atoms with van der Waals surface area (Å²) in [4.78, 5) is 37.6. The molecular weight excluding hydrogens is 790 g/mol. The van der Waals surface area contributed by atoms with Crippen LogP contribution in [0.3, 0.4) is 0 Å². The second-order valence-corrected chi connectivity index (χ2v) is 18.4. The topological polar surface area (TPSA) is 131 Å². The zero-order valence-electron chi connectivity index (χ0n) is 39.2. The Labute approximate surface area is 372 Å². The highest BCUT2D eigenvalue weighted by molar-refractivity contribution is 7.45. The number of carbonyl (C=O) groups is 2. The number of hydrogen-bond acceptors (Lipinski definition) is 9. The van der Waals surface area contributed by atoms with Crippen molar-refractivity contribution in [2.45, 2.75) is 187 Å². The monoisotopic (exact) mass is 878 g/mol. The number of aliphatic hydroxyl groups is 1. The van der Waals surface area contributed by atoms with Gasteiger partial charge >= 0.3 is 11.9 Å². The fourth-order valence-corrected chi connectivity index (χ4v) is 6.72. The first kappa shape index (κ1) is 58.4. The van der Waals surface area contributed by atoms with E-state index in [2.05, 4.69) is 44.2 Å². The maximum Gasteiger partial charge on any atom is 0.306 e. The minimum absolute atomic E-state index is 0.0565. The van der Waals surface area contributed by atoms with E-state index in [-0.39, 0.29) is 26.1 Å². The van der Waals surface area contributed by atoms with Crippen LogP contribution in [-0.2, 0) is 32.7 Å². The number of esters is 2. The zero-order chi connectivity index (χ0) is 45.1. The molecule has 0 heterocycles. The van der Waals surface area contributed by atoms with Crippen LogP contribution in [0.4, 0.5) is 0 Å². The van der Waals surface area contributed by atoms with Gasteiger partial charge in [-0.25, -0.2) is 0 Å². The van der Waals surface area contributed by atoms with E-state index < -0.39 is 38.6 Å². The lowest BCUT2D eigenvalue weighted by Gasteiger charge is -2.28. The van der Waals surface area contributed by atoms with E-state index in [1.54, 1.807) is 6.08 Å². The average molecular weight is 878 g/mol. The van der Waals surface area contributed by atoms with Crippen LogP contribution in [0, 0.1) is 0 Å². The van der Waals surface area contributed by atoms with Crippen LogP contribution >= 0.6 is 7.82 Å². The van der Waals surface area contributed by atoms with E-state index in [1.165, 1.54) is 77.0 Å². The van der Waals surface area contributed by atoms with Crippen molar-refractivity contribution in [2.24, 2.45) is 0 Å². The average Bonchev–Trinajstić information content (AvgIpc) is 3.21. The lowest BCUT2D eigenvalue weighted by Crippen LogP contribution is -2.37. The summed E-state index contributed by atoms with van der Waals surface area (Å²) in [6, 6.07) is 0. The third-order valence-electron chi connectivity index (χ3n) is 9.78. The number of likely N-dealkylation sites (N-methyl/N-ethyl adjacent to an activating group) is 1.